The smallest absolute Gasteiger partial charge is 0.238 e. The molecule has 146 valence electrons. The summed E-state index contributed by atoms with van der Waals surface area (Å²) in [6.45, 7) is 4.69. The van der Waals surface area contributed by atoms with E-state index >= 15 is 0 Å². The van der Waals surface area contributed by atoms with E-state index in [-0.39, 0.29) is 5.91 Å². The summed E-state index contributed by atoms with van der Waals surface area (Å²) in [5.41, 5.74) is 0.705. The van der Waals surface area contributed by atoms with Crippen LogP contribution in [-0.4, -0.2) is 54.5 Å². The zero-order chi connectivity index (χ0) is 18.4. The molecule has 5 fully saturated rings. The first kappa shape index (κ1) is 18.0. The molecule has 0 unspecified atom stereocenters. The van der Waals surface area contributed by atoms with Crippen molar-refractivity contribution in [2.24, 2.45) is 23.7 Å². The van der Waals surface area contributed by atoms with Gasteiger partial charge in [-0.1, -0.05) is 23.7 Å². The largest absolute Gasteiger partial charge is 0.324 e. The summed E-state index contributed by atoms with van der Waals surface area (Å²) in [5.74, 6) is 4.02. The predicted molar refractivity (Wildman–Crippen MR) is 109 cm³/mol. The second kappa shape index (κ2) is 7.38. The molecular weight excluding hydrogens is 358 g/mol. The average Bonchev–Trinajstić information content (AvgIpc) is 2.64. The van der Waals surface area contributed by atoms with Crippen molar-refractivity contribution in [2.75, 3.05) is 38.0 Å². The van der Waals surface area contributed by atoms with E-state index in [1.807, 2.05) is 18.2 Å². The molecule has 5 aliphatic rings. The molecule has 4 saturated carbocycles. The van der Waals surface area contributed by atoms with Gasteiger partial charge in [0.25, 0.3) is 0 Å². The molecule has 0 spiro atoms. The van der Waals surface area contributed by atoms with Gasteiger partial charge in [-0.2, -0.15) is 0 Å². The zero-order valence-corrected chi connectivity index (χ0v) is 16.7. The first-order valence-electron chi connectivity index (χ1n) is 10.7. The highest BCUT2D eigenvalue weighted by Crippen LogP contribution is 2.55. The summed E-state index contributed by atoms with van der Waals surface area (Å²) in [5, 5.41) is 3.54. The molecule has 5 heteroatoms. The summed E-state index contributed by atoms with van der Waals surface area (Å²) in [6, 6.07) is 8.26. The number of hydrogen-bond acceptors (Lipinski definition) is 3. The lowest BCUT2D eigenvalue weighted by atomic mass is 9.54. The third-order valence-electron chi connectivity index (χ3n) is 7.52. The van der Waals surface area contributed by atoms with E-state index in [4.69, 9.17) is 11.6 Å². The fraction of sp³-hybridized carbons (Fsp3) is 0.682. The maximum absolute atomic E-state index is 12.4. The zero-order valence-electron chi connectivity index (χ0n) is 15.9. The molecule has 1 N–H and O–H groups in total. The van der Waals surface area contributed by atoms with E-state index in [1.165, 1.54) is 32.1 Å². The molecule has 4 nitrogen and oxygen atoms in total. The molecule has 1 saturated heterocycles. The van der Waals surface area contributed by atoms with Gasteiger partial charge in [0.15, 0.2) is 0 Å². The molecule has 6 rings (SSSR count). The molecule has 0 aromatic heterocycles. The fourth-order valence-electron chi connectivity index (χ4n) is 6.67. The van der Waals surface area contributed by atoms with Gasteiger partial charge < -0.3 is 5.32 Å². The van der Waals surface area contributed by atoms with Gasteiger partial charge in [-0.3, -0.25) is 14.6 Å². The molecule has 4 aliphatic carbocycles. The molecule has 4 bridgehead atoms. The predicted octanol–water partition coefficient (Wildman–Crippen LogP) is 3.72. The Morgan fingerprint density at radius 2 is 1.59 bits per heavy atom. The van der Waals surface area contributed by atoms with Crippen molar-refractivity contribution in [3.05, 3.63) is 29.3 Å². The minimum Gasteiger partial charge on any atom is -0.324 e. The first-order valence-corrected chi connectivity index (χ1v) is 11.0. The van der Waals surface area contributed by atoms with Crippen molar-refractivity contribution in [1.82, 2.24) is 9.80 Å². The van der Waals surface area contributed by atoms with Crippen LogP contribution in [-0.2, 0) is 4.79 Å². The lowest BCUT2D eigenvalue weighted by Crippen LogP contribution is -2.60. The van der Waals surface area contributed by atoms with E-state index in [0.29, 0.717) is 17.3 Å². The van der Waals surface area contributed by atoms with Crippen LogP contribution < -0.4 is 5.32 Å². The highest BCUT2D eigenvalue weighted by molar-refractivity contribution is 6.33. The van der Waals surface area contributed by atoms with Crippen LogP contribution in [0, 0.1) is 23.7 Å². The number of nitrogens with one attached hydrogen (secondary N) is 1. The van der Waals surface area contributed by atoms with Crippen LogP contribution in [0.25, 0.3) is 0 Å². The van der Waals surface area contributed by atoms with E-state index in [0.717, 1.165) is 55.9 Å². The number of para-hydroxylation sites is 1. The van der Waals surface area contributed by atoms with Crippen LogP contribution in [0.1, 0.15) is 32.1 Å². The lowest BCUT2D eigenvalue weighted by molar-refractivity contribution is -0.118. The molecule has 1 aromatic rings. The van der Waals surface area contributed by atoms with Gasteiger partial charge in [0.2, 0.25) is 5.91 Å². The van der Waals surface area contributed by atoms with E-state index < -0.39 is 0 Å². The summed E-state index contributed by atoms with van der Waals surface area (Å²) in [7, 11) is 0. The highest BCUT2D eigenvalue weighted by atomic mass is 35.5. The van der Waals surface area contributed by atoms with Crippen molar-refractivity contribution in [2.45, 2.75) is 38.1 Å². The van der Waals surface area contributed by atoms with Crippen molar-refractivity contribution in [1.29, 1.82) is 0 Å². The Morgan fingerprint density at radius 3 is 2.22 bits per heavy atom. The Kier molecular flexibility index (Phi) is 4.91. The summed E-state index contributed by atoms with van der Waals surface area (Å²) < 4.78 is 0. The average molecular weight is 388 g/mol. The van der Waals surface area contributed by atoms with Gasteiger partial charge >= 0.3 is 0 Å². The highest BCUT2D eigenvalue weighted by Gasteiger charge is 2.50. The Labute approximate surface area is 167 Å². The normalized spacial score (nSPS) is 36.1. The number of carbonyl (C=O) groups is 1. The first-order chi connectivity index (χ1) is 13.2. The van der Waals surface area contributed by atoms with Crippen LogP contribution in [0.2, 0.25) is 5.02 Å². The number of carbonyl (C=O) groups excluding carboxylic acids is 1. The number of nitrogens with zero attached hydrogens (tertiary/aromatic N) is 2. The second-order valence-electron chi connectivity index (χ2n) is 9.26. The minimum atomic E-state index is 0.0335. The van der Waals surface area contributed by atoms with E-state index in [9.17, 15) is 4.79 Å². The molecule has 1 amide bonds. The van der Waals surface area contributed by atoms with Crippen molar-refractivity contribution in [3.8, 4) is 0 Å². The van der Waals surface area contributed by atoms with Crippen LogP contribution in [0.4, 0.5) is 5.69 Å². The summed E-state index contributed by atoms with van der Waals surface area (Å²) in [6.07, 6.45) is 7.46. The maximum Gasteiger partial charge on any atom is 0.238 e. The lowest BCUT2D eigenvalue weighted by Gasteiger charge is -2.58. The third-order valence-corrected chi connectivity index (χ3v) is 7.85. The number of benzene rings is 1. The van der Waals surface area contributed by atoms with E-state index in [1.54, 1.807) is 6.07 Å². The molecule has 1 aliphatic heterocycles. The van der Waals surface area contributed by atoms with Gasteiger partial charge in [-0.15, -0.1) is 0 Å². The van der Waals surface area contributed by atoms with Gasteiger partial charge in [0.1, 0.15) is 0 Å². The maximum atomic E-state index is 12.4. The second-order valence-corrected chi connectivity index (χ2v) is 9.67. The van der Waals surface area contributed by atoms with Crippen LogP contribution in [0.3, 0.4) is 0 Å². The number of halogens is 1. The topological polar surface area (TPSA) is 35.6 Å². The van der Waals surface area contributed by atoms with Crippen LogP contribution in [0.5, 0.6) is 0 Å². The number of amides is 1. The Balaban J connectivity index is 1.13. The number of anilines is 1. The van der Waals surface area contributed by atoms with E-state index in [2.05, 4.69) is 15.1 Å². The van der Waals surface area contributed by atoms with Gasteiger partial charge in [0, 0.05) is 32.2 Å². The minimum absolute atomic E-state index is 0.0335. The molecular formula is C22H30ClN3O. The quantitative estimate of drug-likeness (QED) is 0.855. The molecule has 0 radical (unpaired) electrons. The molecule has 1 aromatic carbocycles. The SMILES string of the molecule is O=C(CN1CCN(C2C3CC4CC(C3)CC2C4)CC1)Nc1ccccc1Cl. The standard InChI is InChI=1S/C22H30ClN3O/c23-19-3-1-2-4-20(19)24-21(27)14-25-5-7-26(8-6-25)22-17-10-15-9-16(12-17)13-18(22)11-15/h1-4,15-18,22H,5-14H2,(H,24,27). The number of rotatable bonds is 4. The van der Waals surface area contributed by atoms with Crippen molar-refractivity contribution >= 4 is 23.2 Å². The van der Waals surface area contributed by atoms with Gasteiger partial charge in [-0.05, 0) is 67.9 Å². The summed E-state index contributed by atoms with van der Waals surface area (Å²) >= 11 is 6.14. The van der Waals surface area contributed by atoms with Crippen LogP contribution in [0.15, 0.2) is 24.3 Å². The molecule has 1 heterocycles. The number of hydrogen-bond donors (Lipinski definition) is 1. The van der Waals surface area contributed by atoms with Crippen LogP contribution >= 0.6 is 11.6 Å². The molecule has 27 heavy (non-hydrogen) atoms. The van der Waals surface area contributed by atoms with Crippen molar-refractivity contribution in [3.63, 3.8) is 0 Å². The Morgan fingerprint density at radius 1 is 0.963 bits per heavy atom. The molecule has 0 atom stereocenters. The Hall–Kier alpha value is -1.10. The third kappa shape index (κ3) is 3.64. The van der Waals surface area contributed by atoms with Crippen molar-refractivity contribution < 1.29 is 4.79 Å². The fourth-order valence-corrected chi connectivity index (χ4v) is 6.85. The van der Waals surface area contributed by atoms with Gasteiger partial charge in [0.05, 0.1) is 17.3 Å². The Bertz CT molecular complexity index is 673. The number of piperazine rings is 1. The monoisotopic (exact) mass is 387 g/mol. The summed E-state index contributed by atoms with van der Waals surface area (Å²) in [4.78, 5) is 17.5. The van der Waals surface area contributed by atoms with Gasteiger partial charge in [-0.25, -0.2) is 0 Å².